The summed E-state index contributed by atoms with van der Waals surface area (Å²) in [5, 5.41) is 13.1. The van der Waals surface area contributed by atoms with E-state index in [0.717, 1.165) is 34.6 Å². The Morgan fingerprint density at radius 3 is 2.40 bits per heavy atom. The second-order valence-corrected chi connectivity index (χ2v) is 5.18. The van der Waals surface area contributed by atoms with Gasteiger partial charge in [0.1, 0.15) is 18.1 Å². The predicted molar refractivity (Wildman–Crippen MR) is 80.6 cm³/mol. The molecule has 0 radical (unpaired) electrons. The van der Waals surface area contributed by atoms with E-state index in [1.165, 1.54) is 11.3 Å². The van der Waals surface area contributed by atoms with E-state index in [-0.39, 0.29) is 0 Å². The molecule has 0 saturated carbocycles. The topological polar surface area (TPSA) is 56.3 Å². The van der Waals surface area contributed by atoms with Crippen LogP contribution in [-0.2, 0) is 6.61 Å². The van der Waals surface area contributed by atoms with Gasteiger partial charge in [-0.1, -0.05) is 18.3 Å². The molecule has 0 unspecified atom stereocenters. The Hall–Kier alpha value is -1.82. The summed E-state index contributed by atoms with van der Waals surface area (Å²) in [6, 6.07) is 7.57. The highest BCUT2D eigenvalue weighted by atomic mass is 32.1. The molecule has 0 aliphatic carbocycles. The van der Waals surface area contributed by atoms with Crippen LogP contribution in [0.3, 0.4) is 0 Å². The van der Waals surface area contributed by atoms with Crippen molar-refractivity contribution in [3.8, 4) is 11.5 Å². The van der Waals surface area contributed by atoms with Crippen molar-refractivity contribution in [3.63, 3.8) is 0 Å². The fraction of sp³-hybridized carbons (Fsp3) is 0.429. The van der Waals surface area contributed by atoms with Crippen molar-refractivity contribution in [2.45, 2.75) is 26.9 Å². The third-order valence-corrected chi connectivity index (χ3v) is 3.34. The first-order valence-electron chi connectivity index (χ1n) is 6.73. The first-order chi connectivity index (χ1) is 9.81. The maximum Gasteiger partial charge on any atom is 0.205 e. The summed E-state index contributed by atoms with van der Waals surface area (Å²) in [5.41, 5.74) is 0. The van der Waals surface area contributed by atoms with Gasteiger partial charge in [-0.2, -0.15) is 0 Å². The van der Waals surface area contributed by atoms with Gasteiger partial charge in [0.05, 0.1) is 6.61 Å². The second-order valence-electron chi connectivity index (χ2n) is 4.12. The molecule has 1 aromatic heterocycles. The van der Waals surface area contributed by atoms with Gasteiger partial charge in [-0.05, 0) is 37.6 Å². The maximum atomic E-state index is 5.67. The molecule has 0 fully saturated rings. The highest BCUT2D eigenvalue weighted by Crippen LogP contribution is 2.20. The molecule has 0 bridgehead atoms. The van der Waals surface area contributed by atoms with Crippen LogP contribution < -0.4 is 14.8 Å². The minimum atomic E-state index is 0.430. The van der Waals surface area contributed by atoms with Crippen LogP contribution in [0.15, 0.2) is 24.3 Å². The summed E-state index contributed by atoms with van der Waals surface area (Å²) in [4.78, 5) is 0. The summed E-state index contributed by atoms with van der Waals surface area (Å²) < 4.78 is 11.0. The molecule has 1 N–H and O–H groups in total. The SMILES string of the molecule is CCCNc1nnc(COc2ccc(OCC)cc2)s1. The van der Waals surface area contributed by atoms with E-state index in [1.54, 1.807) is 0 Å². The van der Waals surface area contributed by atoms with E-state index in [2.05, 4.69) is 22.4 Å². The Morgan fingerprint density at radius 2 is 1.75 bits per heavy atom. The lowest BCUT2D eigenvalue weighted by Gasteiger charge is -2.05. The monoisotopic (exact) mass is 293 g/mol. The number of hydrogen-bond donors (Lipinski definition) is 1. The molecule has 1 aromatic carbocycles. The Labute approximate surface area is 123 Å². The fourth-order valence-corrected chi connectivity index (χ4v) is 2.24. The van der Waals surface area contributed by atoms with Crippen LogP contribution in [-0.4, -0.2) is 23.3 Å². The number of ether oxygens (including phenoxy) is 2. The van der Waals surface area contributed by atoms with Crippen molar-refractivity contribution >= 4 is 16.5 Å². The molecular formula is C14H19N3O2S. The molecular weight excluding hydrogens is 274 g/mol. The molecule has 2 rings (SSSR count). The third-order valence-electron chi connectivity index (χ3n) is 2.49. The van der Waals surface area contributed by atoms with Crippen LogP contribution >= 0.6 is 11.3 Å². The van der Waals surface area contributed by atoms with E-state index >= 15 is 0 Å². The molecule has 6 heteroatoms. The number of hydrogen-bond acceptors (Lipinski definition) is 6. The third kappa shape index (κ3) is 4.38. The number of benzene rings is 1. The summed E-state index contributed by atoms with van der Waals surface area (Å²) >= 11 is 1.52. The number of nitrogens with one attached hydrogen (secondary N) is 1. The maximum absolute atomic E-state index is 5.67. The van der Waals surface area contributed by atoms with Crippen LogP contribution in [0.1, 0.15) is 25.3 Å². The highest BCUT2D eigenvalue weighted by molar-refractivity contribution is 7.15. The number of anilines is 1. The zero-order chi connectivity index (χ0) is 14.2. The molecule has 0 aliphatic heterocycles. The van der Waals surface area contributed by atoms with E-state index in [0.29, 0.717) is 13.2 Å². The molecule has 0 atom stereocenters. The molecule has 2 aromatic rings. The minimum absolute atomic E-state index is 0.430. The van der Waals surface area contributed by atoms with Crippen molar-refractivity contribution < 1.29 is 9.47 Å². The van der Waals surface area contributed by atoms with E-state index in [1.807, 2.05) is 31.2 Å². The van der Waals surface area contributed by atoms with Crippen LogP contribution in [0.25, 0.3) is 0 Å². The Bertz CT molecular complexity index is 513. The zero-order valence-electron chi connectivity index (χ0n) is 11.8. The van der Waals surface area contributed by atoms with E-state index in [9.17, 15) is 0 Å². The van der Waals surface area contributed by atoms with Crippen LogP contribution in [0.5, 0.6) is 11.5 Å². The van der Waals surface area contributed by atoms with Gasteiger partial charge < -0.3 is 14.8 Å². The molecule has 5 nitrogen and oxygen atoms in total. The fourth-order valence-electron chi connectivity index (χ4n) is 1.56. The number of aromatic nitrogens is 2. The van der Waals surface area contributed by atoms with Crippen LogP contribution in [0.4, 0.5) is 5.13 Å². The van der Waals surface area contributed by atoms with Crippen molar-refractivity contribution in [1.29, 1.82) is 0 Å². The normalized spacial score (nSPS) is 10.3. The van der Waals surface area contributed by atoms with Gasteiger partial charge in [-0.25, -0.2) is 0 Å². The first-order valence-corrected chi connectivity index (χ1v) is 7.55. The molecule has 108 valence electrons. The average Bonchev–Trinajstić information content (AvgIpc) is 2.93. The van der Waals surface area contributed by atoms with Crippen molar-refractivity contribution in [3.05, 3.63) is 29.3 Å². The lowest BCUT2D eigenvalue weighted by atomic mass is 10.3. The van der Waals surface area contributed by atoms with Gasteiger partial charge in [0.15, 0.2) is 5.01 Å². The Kier molecular flexibility index (Phi) is 5.61. The van der Waals surface area contributed by atoms with Gasteiger partial charge in [-0.3, -0.25) is 0 Å². The van der Waals surface area contributed by atoms with Gasteiger partial charge in [-0.15, -0.1) is 10.2 Å². The van der Waals surface area contributed by atoms with E-state index in [4.69, 9.17) is 9.47 Å². The molecule has 20 heavy (non-hydrogen) atoms. The van der Waals surface area contributed by atoms with E-state index < -0.39 is 0 Å². The Balaban J connectivity index is 1.83. The standard InChI is InChI=1S/C14H19N3O2S/c1-3-9-15-14-17-16-13(20-14)10-19-12-7-5-11(6-8-12)18-4-2/h5-8H,3-4,9-10H2,1-2H3,(H,15,17). The van der Waals surface area contributed by atoms with Crippen molar-refractivity contribution in [1.82, 2.24) is 10.2 Å². The lowest BCUT2D eigenvalue weighted by Crippen LogP contribution is -1.98. The van der Waals surface area contributed by atoms with Gasteiger partial charge in [0.25, 0.3) is 0 Å². The number of nitrogens with zero attached hydrogens (tertiary/aromatic N) is 2. The Morgan fingerprint density at radius 1 is 1.05 bits per heavy atom. The van der Waals surface area contributed by atoms with Gasteiger partial charge in [0.2, 0.25) is 5.13 Å². The lowest BCUT2D eigenvalue weighted by molar-refractivity contribution is 0.302. The molecule has 0 spiro atoms. The smallest absolute Gasteiger partial charge is 0.205 e. The zero-order valence-corrected chi connectivity index (χ0v) is 12.6. The highest BCUT2D eigenvalue weighted by Gasteiger charge is 2.04. The molecule has 0 aliphatic rings. The first kappa shape index (κ1) is 14.6. The predicted octanol–water partition coefficient (Wildman–Crippen LogP) is 3.34. The molecule has 1 heterocycles. The second kappa shape index (κ2) is 7.69. The largest absolute Gasteiger partial charge is 0.494 e. The summed E-state index contributed by atoms with van der Waals surface area (Å²) in [6.07, 6.45) is 1.07. The van der Waals surface area contributed by atoms with Crippen molar-refractivity contribution in [2.24, 2.45) is 0 Å². The quantitative estimate of drug-likeness (QED) is 0.809. The summed E-state index contributed by atoms with van der Waals surface area (Å²) in [7, 11) is 0. The van der Waals surface area contributed by atoms with Crippen LogP contribution in [0.2, 0.25) is 0 Å². The van der Waals surface area contributed by atoms with Gasteiger partial charge >= 0.3 is 0 Å². The molecule has 0 amide bonds. The summed E-state index contributed by atoms with van der Waals surface area (Å²) in [5.74, 6) is 1.65. The number of rotatable bonds is 8. The molecule has 0 saturated heterocycles. The van der Waals surface area contributed by atoms with Crippen molar-refractivity contribution in [2.75, 3.05) is 18.5 Å². The average molecular weight is 293 g/mol. The minimum Gasteiger partial charge on any atom is -0.494 e. The van der Waals surface area contributed by atoms with Crippen LogP contribution in [0, 0.1) is 0 Å². The van der Waals surface area contributed by atoms with Gasteiger partial charge in [0, 0.05) is 6.54 Å². The summed E-state index contributed by atoms with van der Waals surface area (Å²) in [6.45, 7) is 6.08.